The van der Waals surface area contributed by atoms with E-state index in [2.05, 4.69) is 10.3 Å². The smallest absolute Gasteiger partial charge is 0.341 e. The summed E-state index contributed by atoms with van der Waals surface area (Å²) in [6.07, 6.45) is 0.811. The molecule has 0 aliphatic carbocycles. The number of carboxylic acid groups (broad SMARTS) is 1. The van der Waals surface area contributed by atoms with Crippen LogP contribution in [-0.4, -0.2) is 29.7 Å². The molecule has 5 nitrogen and oxygen atoms in total. The van der Waals surface area contributed by atoms with E-state index >= 15 is 0 Å². The molecule has 0 aromatic carbocycles. The monoisotopic (exact) mass is 208 g/mol. The summed E-state index contributed by atoms with van der Waals surface area (Å²) >= 11 is 0. The number of methoxy groups -OCH3 is 1. The standard InChI is InChI=1S/C10H12N2O3/c1-15-9-7(10(13)14)4-6-5-11-3-2-8(6)12-9/h4,11H,2-3,5H2,1H3,(H,13,14). The molecule has 1 aliphatic rings. The van der Waals surface area contributed by atoms with Crippen LogP contribution >= 0.6 is 0 Å². The summed E-state index contributed by atoms with van der Waals surface area (Å²) in [5.74, 6) is -0.809. The van der Waals surface area contributed by atoms with Crippen LogP contribution in [0.25, 0.3) is 0 Å². The van der Waals surface area contributed by atoms with Crippen LogP contribution in [-0.2, 0) is 13.0 Å². The maximum Gasteiger partial charge on any atom is 0.341 e. The Labute approximate surface area is 87.1 Å². The highest BCUT2D eigenvalue weighted by molar-refractivity contribution is 5.90. The minimum absolute atomic E-state index is 0.125. The highest BCUT2D eigenvalue weighted by atomic mass is 16.5. The first-order valence-corrected chi connectivity index (χ1v) is 4.73. The van der Waals surface area contributed by atoms with Gasteiger partial charge < -0.3 is 15.2 Å². The van der Waals surface area contributed by atoms with Gasteiger partial charge in [-0.2, -0.15) is 0 Å². The maximum atomic E-state index is 10.9. The molecule has 5 heteroatoms. The number of nitrogens with one attached hydrogen (secondary N) is 1. The van der Waals surface area contributed by atoms with Gasteiger partial charge in [0, 0.05) is 19.5 Å². The SMILES string of the molecule is COc1nc2c(cc1C(=O)O)CNCC2. The van der Waals surface area contributed by atoms with Crippen molar-refractivity contribution in [2.45, 2.75) is 13.0 Å². The number of hydrogen-bond acceptors (Lipinski definition) is 4. The van der Waals surface area contributed by atoms with Crippen molar-refractivity contribution in [2.75, 3.05) is 13.7 Å². The van der Waals surface area contributed by atoms with Crippen LogP contribution in [0.4, 0.5) is 0 Å². The molecule has 2 N–H and O–H groups in total. The number of aromatic carboxylic acids is 1. The van der Waals surface area contributed by atoms with Gasteiger partial charge in [0.1, 0.15) is 5.56 Å². The van der Waals surface area contributed by atoms with Crippen LogP contribution in [0.2, 0.25) is 0 Å². The highest BCUT2D eigenvalue weighted by Gasteiger charge is 2.18. The maximum absolute atomic E-state index is 10.9. The van der Waals surface area contributed by atoms with Gasteiger partial charge in [0.15, 0.2) is 0 Å². The molecule has 2 rings (SSSR count). The van der Waals surface area contributed by atoms with Crippen LogP contribution in [0.1, 0.15) is 21.6 Å². The molecule has 0 saturated heterocycles. The molecule has 0 unspecified atom stereocenters. The van der Waals surface area contributed by atoms with Gasteiger partial charge in [-0.3, -0.25) is 0 Å². The number of nitrogens with zero attached hydrogens (tertiary/aromatic N) is 1. The summed E-state index contributed by atoms with van der Waals surface area (Å²) in [7, 11) is 1.43. The van der Waals surface area contributed by atoms with E-state index in [9.17, 15) is 4.79 Å². The summed E-state index contributed by atoms with van der Waals surface area (Å²) in [5, 5.41) is 12.1. The van der Waals surface area contributed by atoms with E-state index in [4.69, 9.17) is 9.84 Å². The van der Waals surface area contributed by atoms with E-state index in [0.29, 0.717) is 6.54 Å². The molecule has 80 valence electrons. The lowest BCUT2D eigenvalue weighted by molar-refractivity contribution is 0.0692. The van der Waals surface area contributed by atoms with Crippen LogP contribution in [0.15, 0.2) is 6.07 Å². The Kier molecular flexibility index (Phi) is 2.55. The predicted octanol–water partition coefficient (Wildman–Crippen LogP) is 0.434. The number of carbonyl (C=O) groups is 1. The van der Waals surface area contributed by atoms with Crippen molar-refractivity contribution in [3.05, 3.63) is 22.9 Å². The van der Waals surface area contributed by atoms with E-state index in [1.54, 1.807) is 6.07 Å². The minimum Gasteiger partial charge on any atom is -0.480 e. The number of fused-ring (bicyclic) bond motifs is 1. The molecule has 2 heterocycles. The van der Waals surface area contributed by atoms with Gasteiger partial charge in [0.25, 0.3) is 0 Å². The Morgan fingerprint density at radius 1 is 1.67 bits per heavy atom. The number of pyridine rings is 1. The predicted molar refractivity (Wildman–Crippen MR) is 53.2 cm³/mol. The first-order valence-electron chi connectivity index (χ1n) is 4.73. The van der Waals surface area contributed by atoms with Crippen molar-refractivity contribution in [1.29, 1.82) is 0 Å². The molecule has 0 spiro atoms. The quantitative estimate of drug-likeness (QED) is 0.737. The van der Waals surface area contributed by atoms with Crippen molar-refractivity contribution in [1.82, 2.24) is 10.3 Å². The average Bonchev–Trinajstić information content (AvgIpc) is 2.27. The summed E-state index contributed by atoms with van der Waals surface area (Å²) < 4.78 is 4.96. The molecule has 0 atom stereocenters. The van der Waals surface area contributed by atoms with E-state index in [-0.39, 0.29) is 11.4 Å². The number of carboxylic acids is 1. The Hall–Kier alpha value is -1.62. The molecule has 0 bridgehead atoms. The fourth-order valence-electron chi connectivity index (χ4n) is 1.68. The first kappa shape index (κ1) is 9.92. The van der Waals surface area contributed by atoms with Gasteiger partial charge in [0.05, 0.1) is 12.8 Å². The molecule has 0 saturated carbocycles. The molecule has 1 aromatic heterocycles. The van der Waals surface area contributed by atoms with E-state index in [1.807, 2.05) is 0 Å². The number of aromatic nitrogens is 1. The first-order chi connectivity index (χ1) is 7.22. The highest BCUT2D eigenvalue weighted by Crippen LogP contribution is 2.21. The molecule has 15 heavy (non-hydrogen) atoms. The molecule has 1 aromatic rings. The molecular formula is C10H12N2O3. The lowest BCUT2D eigenvalue weighted by Crippen LogP contribution is -2.25. The van der Waals surface area contributed by atoms with Gasteiger partial charge in [-0.05, 0) is 11.6 Å². The zero-order chi connectivity index (χ0) is 10.8. The van der Waals surface area contributed by atoms with Crippen molar-refractivity contribution in [3.8, 4) is 5.88 Å². The van der Waals surface area contributed by atoms with E-state index in [0.717, 1.165) is 24.2 Å². The van der Waals surface area contributed by atoms with Crippen molar-refractivity contribution in [3.63, 3.8) is 0 Å². The van der Waals surface area contributed by atoms with Crippen LogP contribution in [0.3, 0.4) is 0 Å². The zero-order valence-electron chi connectivity index (χ0n) is 8.41. The van der Waals surface area contributed by atoms with Crippen LogP contribution in [0, 0.1) is 0 Å². The third kappa shape index (κ3) is 1.78. The Morgan fingerprint density at radius 2 is 2.47 bits per heavy atom. The van der Waals surface area contributed by atoms with E-state index < -0.39 is 5.97 Å². The van der Waals surface area contributed by atoms with E-state index in [1.165, 1.54) is 7.11 Å². The molecule has 1 aliphatic heterocycles. The lowest BCUT2D eigenvalue weighted by atomic mass is 10.0. The third-order valence-electron chi connectivity index (χ3n) is 2.43. The van der Waals surface area contributed by atoms with Gasteiger partial charge in [-0.25, -0.2) is 9.78 Å². The van der Waals surface area contributed by atoms with Crippen LogP contribution in [0.5, 0.6) is 5.88 Å². The fraction of sp³-hybridized carbons (Fsp3) is 0.400. The minimum atomic E-state index is -1.01. The normalized spacial score (nSPS) is 14.5. The summed E-state index contributed by atoms with van der Waals surface area (Å²) in [4.78, 5) is 15.1. The van der Waals surface area contributed by atoms with Gasteiger partial charge in [-0.15, -0.1) is 0 Å². The molecular weight excluding hydrogens is 196 g/mol. The second kappa shape index (κ2) is 3.86. The molecule has 0 fully saturated rings. The van der Waals surface area contributed by atoms with Gasteiger partial charge >= 0.3 is 5.97 Å². The molecule has 0 amide bonds. The summed E-state index contributed by atoms with van der Waals surface area (Å²) in [6, 6.07) is 1.63. The Morgan fingerprint density at radius 3 is 3.13 bits per heavy atom. The fourth-order valence-corrected chi connectivity index (χ4v) is 1.68. The molecule has 0 radical (unpaired) electrons. The number of hydrogen-bond donors (Lipinski definition) is 2. The van der Waals surface area contributed by atoms with Crippen LogP contribution < -0.4 is 10.1 Å². The Bertz CT molecular complexity index is 404. The third-order valence-corrected chi connectivity index (χ3v) is 2.43. The van der Waals surface area contributed by atoms with Crippen molar-refractivity contribution in [2.24, 2.45) is 0 Å². The largest absolute Gasteiger partial charge is 0.480 e. The second-order valence-corrected chi connectivity index (χ2v) is 3.38. The lowest BCUT2D eigenvalue weighted by Gasteiger charge is -2.17. The summed E-state index contributed by atoms with van der Waals surface area (Å²) in [6.45, 7) is 1.54. The topological polar surface area (TPSA) is 71.5 Å². The van der Waals surface area contributed by atoms with Crippen molar-refractivity contribution < 1.29 is 14.6 Å². The van der Waals surface area contributed by atoms with Crippen molar-refractivity contribution >= 4 is 5.97 Å². The average molecular weight is 208 g/mol. The summed E-state index contributed by atoms with van der Waals surface area (Å²) in [5.41, 5.74) is 2.00. The second-order valence-electron chi connectivity index (χ2n) is 3.38. The van der Waals surface area contributed by atoms with Gasteiger partial charge in [0.2, 0.25) is 5.88 Å². The van der Waals surface area contributed by atoms with Gasteiger partial charge in [-0.1, -0.05) is 0 Å². The Balaban J connectivity index is 2.51. The number of ether oxygens (including phenoxy) is 1. The number of rotatable bonds is 2. The zero-order valence-corrected chi connectivity index (χ0v) is 8.41.